The van der Waals surface area contributed by atoms with Crippen LogP contribution >= 0.6 is 0 Å². The summed E-state index contributed by atoms with van der Waals surface area (Å²) in [5.41, 5.74) is 3.27. The summed E-state index contributed by atoms with van der Waals surface area (Å²) in [5.74, 6) is 1.83. The van der Waals surface area contributed by atoms with Gasteiger partial charge >= 0.3 is 0 Å². The Hall–Kier alpha value is -1.80. The number of aliphatic hydroxyl groups excluding tert-OH is 1. The fourth-order valence-corrected chi connectivity index (χ4v) is 2.17. The van der Waals surface area contributed by atoms with Crippen LogP contribution in [0.3, 0.4) is 0 Å². The first-order valence-corrected chi connectivity index (χ1v) is 5.80. The van der Waals surface area contributed by atoms with E-state index in [4.69, 9.17) is 4.74 Å². The van der Waals surface area contributed by atoms with Crippen molar-refractivity contribution < 1.29 is 9.84 Å². The Morgan fingerprint density at radius 1 is 1.06 bits per heavy atom. The fourth-order valence-electron chi connectivity index (χ4n) is 2.17. The van der Waals surface area contributed by atoms with Gasteiger partial charge in [0.25, 0.3) is 0 Å². The number of hydrogen-bond acceptors (Lipinski definition) is 2. The van der Waals surface area contributed by atoms with E-state index in [1.165, 1.54) is 5.56 Å². The van der Waals surface area contributed by atoms with Crippen molar-refractivity contribution >= 4 is 0 Å². The van der Waals surface area contributed by atoms with Gasteiger partial charge in [0.2, 0.25) is 0 Å². The first kappa shape index (κ1) is 10.4. The van der Waals surface area contributed by atoms with Crippen LogP contribution in [0, 0.1) is 0 Å². The molecule has 0 fully saturated rings. The van der Waals surface area contributed by atoms with Gasteiger partial charge in [0.05, 0.1) is 6.10 Å². The number of para-hydroxylation sites is 1. The number of fused-ring (bicyclic) bond motifs is 2. The summed E-state index contributed by atoms with van der Waals surface area (Å²) in [6.45, 7) is 1.78. The molecule has 0 spiro atoms. The van der Waals surface area contributed by atoms with Crippen LogP contribution in [0.1, 0.15) is 29.7 Å². The molecule has 1 atom stereocenters. The molecule has 1 aliphatic heterocycles. The molecule has 2 nitrogen and oxygen atoms in total. The normalized spacial score (nSPS) is 14.5. The predicted molar refractivity (Wildman–Crippen MR) is 66.4 cm³/mol. The zero-order valence-corrected chi connectivity index (χ0v) is 9.68. The highest BCUT2D eigenvalue weighted by molar-refractivity contribution is 5.50. The quantitative estimate of drug-likeness (QED) is 0.688. The maximum atomic E-state index is 9.58. The molecule has 0 aromatic heterocycles. The van der Waals surface area contributed by atoms with Crippen molar-refractivity contribution in [1.29, 1.82) is 0 Å². The molecule has 2 aromatic carbocycles. The van der Waals surface area contributed by atoms with Crippen molar-refractivity contribution in [2.24, 2.45) is 0 Å². The second-order valence-electron chi connectivity index (χ2n) is 4.43. The molecule has 0 bridgehead atoms. The van der Waals surface area contributed by atoms with Crippen LogP contribution in [0.4, 0.5) is 0 Å². The lowest BCUT2D eigenvalue weighted by atomic mass is 9.97. The summed E-state index contributed by atoms with van der Waals surface area (Å²) in [6.07, 6.45) is 0.434. The van der Waals surface area contributed by atoms with Gasteiger partial charge in [0.15, 0.2) is 0 Å². The van der Waals surface area contributed by atoms with Crippen LogP contribution < -0.4 is 4.74 Å². The monoisotopic (exact) mass is 226 g/mol. The standard InChI is InChI=1S/C15H14O2/c1-10(16)11-6-7-15-13(8-11)9-12-4-2-3-5-14(12)17-15/h2-8,10,16H,9H2,1H3/t10-/m0/s1. The summed E-state index contributed by atoms with van der Waals surface area (Å²) < 4.78 is 5.83. The molecule has 1 heterocycles. The SMILES string of the molecule is C[C@H](O)c1ccc2c(c1)Cc1ccccc1O2. The molecule has 17 heavy (non-hydrogen) atoms. The zero-order valence-electron chi connectivity index (χ0n) is 9.68. The minimum atomic E-state index is -0.433. The van der Waals surface area contributed by atoms with Gasteiger partial charge in [-0.3, -0.25) is 0 Å². The third-order valence-electron chi connectivity index (χ3n) is 3.14. The predicted octanol–water partition coefficient (Wildman–Crippen LogP) is 3.44. The van der Waals surface area contributed by atoms with Crippen molar-refractivity contribution in [3.63, 3.8) is 0 Å². The average molecular weight is 226 g/mol. The van der Waals surface area contributed by atoms with Gasteiger partial charge in [-0.05, 0) is 41.8 Å². The molecule has 1 N–H and O–H groups in total. The molecule has 3 rings (SSSR count). The largest absolute Gasteiger partial charge is 0.457 e. The van der Waals surface area contributed by atoms with Crippen LogP contribution in [-0.4, -0.2) is 5.11 Å². The van der Waals surface area contributed by atoms with E-state index in [1.54, 1.807) is 6.92 Å². The molecular formula is C15H14O2. The fraction of sp³-hybridized carbons (Fsp3) is 0.200. The Morgan fingerprint density at radius 3 is 2.65 bits per heavy atom. The molecule has 2 heteroatoms. The molecule has 0 unspecified atom stereocenters. The lowest BCUT2D eigenvalue weighted by molar-refractivity contribution is 0.199. The summed E-state index contributed by atoms with van der Waals surface area (Å²) in [5, 5.41) is 9.58. The van der Waals surface area contributed by atoms with Crippen LogP contribution in [0.2, 0.25) is 0 Å². The van der Waals surface area contributed by atoms with Gasteiger partial charge in [0.1, 0.15) is 11.5 Å². The summed E-state index contributed by atoms with van der Waals surface area (Å²) in [6, 6.07) is 13.9. The van der Waals surface area contributed by atoms with Crippen LogP contribution in [0.5, 0.6) is 11.5 Å². The molecule has 2 aromatic rings. The molecule has 0 amide bonds. The maximum Gasteiger partial charge on any atom is 0.130 e. The lowest BCUT2D eigenvalue weighted by Crippen LogP contribution is -2.04. The molecule has 0 saturated carbocycles. The topological polar surface area (TPSA) is 29.5 Å². The minimum absolute atomic E-state index is 0.433. The summed E-state index contributed by atoms with van der Waals surface area (Å²) in [4.78, 5) is 0. The zero-order chi connectivity index (χ0) is 11.8. The van der Waals surface area contributed by atoms with Crippen molar-refractivity contribution in [3.8, 4) is 11.5 Å². The number of aliphatic hydroxyl groups is 1. The van der Waals surface area contributed by atoms with E-state index in [9.17, 15) is 5.11 Å². The average Bonchev–Trinajstić information content (AvgIpc) is 2.35. The Balaban J connectivity index is 2.03. The Morgan fingerprint density at radius 2 is 1.82 bits per heavy atom. The van der Waals surface area contributed by atoms with E-state index in [2.05, 4.69) is 6.07 Å². The van der Waals surface area contributed by atoms with E-state index in [0.717, 1.165) is 29.0 Å². The highest BCUT2D eigenvalue weighted by Gasteiger charge is 2.17. The van der Waals surface area contributed by atoms with Crippen LogP contribution in [0.25, 0.3) is 0 Å². The number of benzene rings is 2. The lowest BCUT2D eigenvalue weighted by Gasteiger charge is -2.21. The second kappa shape index (κ2) is 3.90. The molecule has 0 radical (unpaired) electrons. The van der Waals surface area contributed by atoms with Gasteiger partial charge in [0, 0.05) is 6.42 Å². The molecule has 0 saturated heterocycles. The van der Waals surface area contributed by atoms with E-state index < -0.39 is 6.10 Å². The molecular weight excluding hydrogens is 212 g/mol. The number of rotatable bonds is 1. The molecule has 1 aliphatic rings. The number of hydrogen-bond donors (Lipinski definition) is 1. The highest BCUT2D eigenvalue weighted by Crippen LogP contribution is 2.37. The molecule has 0 aliphatic carbocycles. The first-order chi connectivity index (χ1) is 8.24. The Bertz CT molecular complexity index is 559. The third-order valence-corrected chi connectivity index (χ3v) is 3.14. The minimum Gasteiger partial charge on any atom is -0.457 e. The van der Waals surface area contributed by atoms with Gasteiger partial charge < -0.3 is 9.84 Å². The Labute approximate surface area is 100 Å². The summed E-state index contributed by atoms with van der Waals surface area (Å²) in [7, 11) is 0. The molecule has 86 valence electrons. The number of ether oxygens (including phenoxy) is 1. The first-order valence-electron chi connectivity index (χ1n) is 5.80. The van der Waals surface area contributed by atoms with Crippen molar-refractivity contribution in [1.82, 2.24) is 0 Å². The second-order valence-corrected chi connectivity index (χ2v) is 4.43. The van der Waals surface area contributed by atoms with Crippen molar-refractivity contribution in [2.75, 3.05) is 0 Å². The maximum absolute atomic E-state index is 9.58. The Kier molecular flexibility index (Phi) is 2.37. The third kappa shape index (κ3) is 1.81. The van der Waals surface area contributed by atoms with Crippen LogP contribution in [-0.2, 0) is 6.42 Å². The van der Waals surface area contributed by atoms with Crippen molar-refractivity contribution in [2.45, 2.75) is 19.4 Å². The van der Waals surface area contributed by atoms with E-state index in [0.29, 0.717) is 0 Å². The van der Waals surface area contributed by atoms with Gasteiger partial charge in [-0.2, -0.15) is 0 Å². The van der Waals surface area contributed by atoms with Crippen LogP contribution in [0.15, 0.2) is 42.5 Å². The van der Waals surface area contributed by atoms with E-state index in [1.807, 2.05) is 36.4 Å². The smallest absolute Gasteiger partial charge is 0.130 e. The van der Waals surface area contributed by atoms with Crippen molar-refractivity contribution in [3.05, 3.63) is 59.2 Å². The van der Waals surface area contributed by atoms with Gasteiger partial charge in [-0.15, -0.1) is 0 Å². The van der Waals surface area contributed by atoms with Gasteiger partial charge in [-0.25, -0.2) is 0 Å². The highest BCUT2D eigenvalue weighted by atomic mass is 16.5. The summed E-state index contributed by atoms with van der Waals surface area (Å²) >= 11 is 0. The van der Waals surface area contributed by atoms with E-state index in [-0.39, 0.29) is 0 Å². The van der Waals surface area contributed by atoms with Gasteiger partial charge in [-0.1, -0.05) is 24.3 Å². The van der Waals surface area contributed by atoms with E-state index >= 15 is 0 Å².